The quantitative estimate of drug-likeness (QED) is 0.649. The highest BCUT2D eigenvalue weighted by Gasteiger charge is 2.05. The summed E-state index contributed by atoms with van der Waals surface area (Å²) in [6.07, 6.45) is 0. The molecule has 0 aliphatic carbocycles. The van der Waals surface area contributed by atoms with Crippen LogP contribution in [0.15, 0.2) is 42.5 Å². The molecule has 92 valence electrons. The molecule has 2 rings (SSSR count). The summed E-state index contributed by atoms with van der Waals surface area (Å²) < 4.78 is 5.08. The first-order valence-corrected chi connectivity index (χ1v) is 5.65. The lowest BCUT2D eigenvalue weighted by molar-refractivity contribution is -0.131. The number of benzene rings is 2. The van der Waals surface area contributed by atoms with E-state index in [0.29, 0.717) is 5.75 Å². The number of hydrogen-bond acceptors (Lipinski definition) is 3. The first-order valence-electron chi connectivity index (χ1n) is 5.65. The zero-order valence-electron chi connectivity index (χ0n) is 10.3. The van der Waals surface area contributed by atoms with Crippen LogP contribution in [0, 0.1) is 6.92 Å². The Labute approximate surface area is 106 Å². The smallest absolute Gasteiger partial charge is 0.308 e. The lowest BCUT2D eigenvalue weighted by atomic mass is 10.0. The predicted molar refractivity (Wildman–Crippen MR) is 69.6 cm³/mol. The molecule has 0 fully saturated rings. The molecule has 3 nitrogen and oxygen atoms in total. The maximum Gasteiger partial charge on any atom is 0.308 e. The van der Waals surface area contributed by atoms with Crippen LogP contribution >= 0.6 is 0 Å². The number of ether oxygens (including phenoxy) is 1. The maximum absolute atomic E-state index is 10.9. The molecule has 0 heterocycles. The van der Waals surface area contributed by atoms with E-state index in [0.717, 1.165) is 16.7 Å². The van der Waals surface area contributed by atoms with E-state index in [1.165, 1.54) is 6.92 Å². The van der Waals surface area contributed by atoms with E-state index in [4.69, 9.17) is 4.74 Å². The summed E-state index contributed by atoms with van der Waals surface area (Å²) >= 11 is 0. The predicted octanol–water partition coefficient (Wildman–Crippen LogP) is 3.29. The summed E-state index contributed by atoms with van der Waals surface area (Å²) in [5.41, 5.74) is 2.92. The molecular formula is C15H14O3. The van der Waals surface area contributed by atoms with Crippen molar-refractivity contribution in [2.24, 2.45) is 0 Å². The van der Waals surface area contributed by atoms with Crippen LogP contribution < -0.4 is 4.74 Å². The average molecular weight is 242 g/mol. The monoisotopic (exact) mass is 242 g/mol. The van der Waals surface area contributed by atoms with Gasteiger partial charge in [-0.2, -0.15) is 0 Å². The first kappa shape index (κ1) is 12.2. The minimum atomic E-state index is -0.324. The maximum atomic E-state index is 10.9. The molecule has 1 N–H and O–H groups in total. The van der Waals surface area contributed by atoms with E-state index < -0.39 is 0 Å². The van der Waals surface area contributed by atoms with Gasteiger partial charge in [0.2, 0.25) is 0 Å². The minimum Gasteiger partial charge on any atom is -0.508 e. The Morgan fingerprint density at radius 1 is 1.06 bits per heavy atom. The van der Waals surface area contributed by atoms with E-state index in [9.17, 15) is 9.90 Å². The number of phenols is 1. The summed E-state index contributed by atoms with van der Waals surface area (Å²) in [5.74, 6) is 0.493. The van der Waals surface area contributed by atoms with Gasteiger partial charge < -0.3 is 9.84 Å². The first-order chi connectivity index (χ1) is 8.56. The van der Waals surface area contributed by atoms with Gasteiger partial charge in [-0.05, 0) is 47.9 Å². The Balaban J connectivity index is 2.33. The number of esters is 1. The molecule has 0 aromatic heterocycles. The van der Waals surface area contributed by atoms with Crippen LogP contribution in [0.4, 0.5) is 0 Å². The highest BCUT2D eigenvalue weighted by molar-refractivity contribution is 5.71. The van der Waals surface area contributed by atoms with Crippen LogP contribution in [0.3, 0.4) is 0 Å². The van der Waals surface area contributed by atoms with Gasteiger partial charge in [0.25, 0.3) is 0 Å². The van der Waals surface area contributed by atoms with Crippen LogP contribution in [0.25, 0.3) is 11.1 Å². The zero-order chi connectivity index (χ0) is 13.1. The molecular weight excluding hydrogens is 228 g/mol. The van der Waals surface area contributed by atoms with Crippen molar-refractivity contribution in [1.82, 2.24) is 0 Å². The van der Waals surface area contributed by atoms with Gasteiger partial charge in [0.15, 0.2) is 0 Å². The van der Waals surface area contributed by atoms with Gasteiger partial charge in [-0.25, -0.2) is 0 Å². The van der Waals surface area contributed by atoms with Gasteiger partial charge in [0.1, 0.15) is 11.5 Å². The number of carbonyl (C=O) groups is 1. The molecule has 2 aromatic rings. The molecule has 0 saturated carbocycles. The third-order valence-electron chi connectivity index (χ3n) is 2.63. The summed E-state index contributed by atoms with van der Waals surface area (Å²) in [7, 11) is 0. The number of carbonyl (C=O) groups excluding carboxylic acids is 1. The Morgan fingerprint density at radius 3 is 2.22 bits per heavy atom. The average Bonchev–Trinajstić information content (AvgIpc) is 2.32. The molecule has 0 atom stereocenters. The lowest BCUT2D eigenvalue weighted by Gasteiger charge is -2.08. The highest BCUT2D eigenvalue weighted by atomic mass is 16.5. The fourth-order valence-corrected chi connectivity index (χ4v) is 1.75. The van der Waals surface area contributed by atoms with Crippen molar-refractivity contribution in [2.45, 2.75) is 13.8 Å². The van der Waals surface area contributed by atoms with Crippen LogP contribution in [-0.2, 0) is 4.79 Å². The molecule has 0 saturated heterocycles. The second-order valence-corrected chi connectivity index (χ2v) is 4.12. The summed E-state index contributed by atoms with van der Waals surface area (Å²) in [6.45, 7) is 3.27. The second kappa shape index (κ2) is 4.92. The van der Waals surface area contributed by atoms with Crippen molar-refractivity contribution in [3.63, 3.8) is 0 Å². The second-order valence-electron chi connectivity index (χ2n) is 4.12. The van der Waals surface area contributed by atoms with Crippen molar-refractivity contribution in [1.29, 1.82) is 0 Å². The van der Waals surface area contributed by atoms with Crippen LogP contribution in [0.2, 0.25) is 0 Å². The van der Waals surface area contributed by atoms with Gasteiger partial charge in [-0.3, -0.25) is 4.79 Å². The Bertz CT molecular complexity index is 571. The van der Waals surface area contributed by atoms with E-state index in [2.05, 4.69) is 0 Å². The fraction of sp³-hybridized carbons (Fsp3) is 0.133. The Morgan fingerprint density at radius 2 is 1.67 bits per heavy atom. The normalized spacial score (nSPS) is 10.1. The summed E-state index contributed by atoms with van der Waals surface area (Å²) in [5, 5.41) is 9.24. The topological polar surface area (TPSA) is 46.5 Å². The minimum absolute atomic E-state index is 0.243. The van der Waals surface area contributed by atoms with Gasteiger partial charge in [-0.15, -0.1) is 0 Å². The van der Waals surface area contributed by atoms with Gasteiger partial charge in [0.05, 0.1) is 0 Å². The van der Waals surface area contributed by atoms with Gasteiger partial charge in [0, 0.05) is 6.92 Å². The van der Waals surface area contributed by atoms with E-state index in [-0.39, 0.29) is 11.7 Å². The van der Waals surface area contributed by atoms with Crippen molar-refractivity contribution < 1.29 is 14.6 Å². The van der Waals surface area contributed by atoms with E-state index in [1.807, 2.05) is 31.2 Å². The molecule has 3 heteroatoms. The van der Waals surface area contributed by atoms with E-state index in [1.54, 1.807) is 18.2 Å². The molecule has 0 aliphatic rings. The number of phenolic OH excluding ortho intramolecular Hbond substituents is 1. The third-order valence-corrected chi connectivity index (χ3v) is 2.63. The molecule has 0 radical (unpaired) electrons. The summed E-state index contributed by atoms with van der Waals surface area (Å²) in [6, 6.07) is 12.6. The largest absolute Gasteiger partial charge is 0.508 e. The number of aryl methyl sites for hydroxylation is 1. The van der Waals surface area contributed by atoms with Crippen molar-refractivity contribution in [3.05, 3.63) is 48.0 Å². The van der Waals surface area contributed by atoms with Gasteiger partial charge in [-0.1, -0.05) is 18.2 Å². The molecule has 0 spiro atoms. The van der Waals surface area contributed by atoms with E-state index >= 15 is 0 Å². The van der Waals surface area contributed by atoms with Crippen molar-refractivity contribution in [3.8, 4) is 22.6 Å². The zero-order valence-corrected chi connectivity index (χ0v) is 10.3. The number of hydrogen-bond donors (Lipinski definition) is 1. The SMILES string of the molecule is CC(=O)Oc1ccc(-c2ccc(O)cc2)cc1C. The van der Waals surface area contributed by atoms with Crippen molar-refractivity contribution >= 4 is 5.97 Å². The van der Waals surface area contributed by atoms with Crippen LogP contribution in [-0.4, -0.2) is 11.1 Å². The van der Waals surface area contributed by atoms with Gasteiger partial charge >= 0.3 is 5.97 Å². The number of aromatic hydroxyl groups is 1. The molecule has 0 unspecified atom stereocenters. The molecule has 0 bridgehead atoms. The standard InChI is InChI=1S/C15H14O3/c1-10-9-13(5-8-15(10)18-11(2)16)12-3-6-14(17)7-4-12/h3-9,17H,1-2H3. The summed E-state index contributed by atoms with van der Waals surface area (Å²) in [4.78, 5) is 10.9. The highest BCUT2D eigenvalue weighted by Crippen LogP contribution is 2.27. The molecule has 18 heavy (non-hydrogen) atoms. The fourth-order valence-electron chi connectivity index (χ4n) is 1.75. The number of rotatable bonds is 2. The van der Waals surface area contributed by atoms with Crippen molar-refractivity contribution in [2.75, 3.05) is 0 Å². The van der Waals surface area contributed by atoms with Crippen LogP contribution in [0.5, 0.6) is 11.5 Å². The molecule has 2 aromatic carbocycles. The molecule has 0 amide bonds. The Hall–Kier alpha value is -2.29. The third kappa shape index (κ3) is 2.69. The Kier molecular flexibility index (Phi) is 3.33. The molecule has 0 aliphatic heterocycles. The van der Waals surface area contributed by atoms with Crippen LogP contribution in [0.1, 0.15) is 12.5 Å². The lowest BCUT2D eigenvalue weighted by Crippen LogP contribution is -2.02.